The van der Waals surface area contributed by atoms with Crippen LogP contribution in [0.2, 0.25) is 5.02 Å². The van der Waals surface area contributed by atoms with Crippen molar-refractivity contribution in [2.75, 3.05) is 19.4 Å². The van der Waals surface area contributed by atoms with Gasteiger partial charge in [0.25, 0.3) is 5.91 Å². The Morgan fingerprint density at radius 1 is 1.48 bits per heavy atom. The number of amides is 1. The maximum Gasteiger partial charge on any atom is 0.267 e. The smallest absolute Gasteiger partial charge is 0.267 e. The molecule has 0 bridgehead atoms. The molecule has 1 heterocycles. The highest BCUT2D eigenvalue weighted by molar-refractivity contribution is 7.13. The second-order valence-electron chi connectivity index (χ2n) is 4.84. The molecule has 0 unspecified atom stereocenters. The zero-order valence-corrected chi connectivity index (χ0v) is 13.5. The lowest BCUT2D eigenvalue weighted by Crippen LogP contribution is -2.11. The van der Waals surface area contributed by atoms with Crippen LogP contribution < -0.4 is 5.32 Å². The lowest BCUT2D eigenvalue weighted by atomic mass is 10.3. The van der Waals surface area contributed by atoms with Gasteiger partial charge in [0.05, 0.1) is 10.7 Å². The van der Waals surface area contributed by atoms with Crippen molar-refractivity contribution in [2.45, 2.75) is 13.5 Å². The number of hydrogen-bond acceptors (Lipinski definition) is 4. The molecule has 0 saturated heterocycles. The molecule has 21 heavy (non-hydrogen) atoms. The second kappa shape index (κ2) is 6.51. The SMILES string of the molecule is Cc1nc(CN(C)C)sc1C(=O)Nc1ccc(F)c(Cl)c1. The number of carbonyl (C=O) groups is 1. The number of rotatable bonds is 4. The van der Waals surface area contributed by atoms with Crippen LogP contribution in [0.1, 0.15) is 20.4 Å². The van der Waals surface area contributed by atoms with Gasteiger partial charge in [0.1, 0.15) is 15.7 Å². The van der Waals surface area contributed by atoms with Crippen LogP contribution in [0, 0.1) is 12.7 Å². The Bertz CT molecular complexity index is 672. The van der Waals surface area contributed by atoms with Gasteiger partial charge in [0, 0.05) is 12.2 Å². The highest BCUT2D eigenvalue weighted by Crippen LogP contribution is 2.23. The molecule has 2 aromatic rings. The highest BCUT2D eigenvalue weighted by atomic mass is 35.5. The number of hydrogen-bond donors (Lipinski definition) is 1. The molecule has 0 aliphatic carbocycles. The minimum Gasteiger partial charge on any atom is -0.321 e. The molecule has 0 radical (unpaired) electrons. The third kappa shape index (κ3) is 4.00. The topological polar surface area (TPSA) is 45.2 Å². The average Bonchev–Trinajstić information content (AvgIpc) is 2.74. The lowest BCUT2D eigenvalue weighted by molar-refractivity contribution is 0.103. The number of anilines is 1. The average molecular weight is 328 g/mol. The number of aromatic nitrogens is 1. The van der Waals surface area contributed by atoms with Crippen LogP contribution in [0.25, 0.3) is 0 Å². The van der Waals surface area contributed by atoms with E-state index in [0.717, 1.165) is 5.01 Å². The molecule has 4 nitrogen and oxygen atoms in total. The predicted octanol–water partition coefficient (Wildman–Crippen LogP) is 3.56. The summed E-state index contributed by atoms with van der Waals surface area (Å²) >= 11 is 7.05. The van der Waals surface area contributed by atoms with Gasteiger partial charge in [-0.3, -0.25) is 4.79 Å². The van der Waals surface area contributed by atoms with Gasteiger partial charge >= 0.3 is 0 Å². The Kier molecular flexibility index (Phi) is 4.92. The van der Waals surface area contributed by atoms with Gasteiger partial charge in [-0.1, -0.05) is 11.6 Å². The van der Waals surface area contributed by atoms with E-state index in [4.69, 9.17) is 11.6 Å². The number of halogens is 2. The molecule has 0 fully saturated rings. The van der Waals surface area contributed by atoms with E-state index in [2.05, 4.69) is 10.3 Å². The first-order valence-electron chi connectivity index (χ1n) is 6.24. The van der Waals surface area contributed by atoms with E-state index in [0.29, 0.717) is 22.8 Å². The Hall–Kier alpha value is -1.50. The summed E-state index contributed by atoms with van der Waals surface area (Å²) in [5.74, 6) is -0.783. The standard InChI is InChI=1S/C14H15ClFN3OS/c1-8-13(21-12(17-8)7-19(2)3)14(20)18-9-4-5-11(16)10(15)6-9/h4-6H,7H2,1-3H3,(H,18,20). The monoisotopic (exact) mass is 327 g/mol. The molecular weight excluding hydrogens is 313 g/mol. The van der Waals surface area contributed by atoms with Crippen LogP contribution in [0.15, 0.2) is 18.2 Å². The predicted molar refractivity (Wildman–Crippen MR) is 83.6 cm³/mol. The molecule has 0 atom stereocenters. The maximum atomic E-state index is 13.1. The summed E-state index contributed by atoms with van der Waals surface area (Å²) in [4.78, 5) is 19.1. The van der Waals surface area contributed by atoms with Crippen molar-refractivity contribution in [3.63, 3.8) is 0 Å². The quantitative estimate of drug-likeness (QED) is 0.934. The van der Waals surface area contributed by atoms with Gasteiger partial charge in [-0.15, -0.1) is 11.3 Å². The number of nitrogens with one attached hydrogen (secondary N) is 1. The van der Waals surface area contributed by atoms with Crippen molar-refractivity contribution >= 4 is 34.5 Å². The van der Waals surface area contributed by atoms with Crippen molar-refractivity contribution < 1.29 is 9.18 Å². The van der Waals surface area contributed by atoms with Crippen LogP contribution in [0.3, 0.4) is 0 Å². The zero-order chi connectivity index (χ0) is 15.6. The van der Waals surface area contributed by atoms with E-state index >= 15 is 0 Å². The largest absolute Gasteiger partial charge is 0.321 e. The lowest BCUT2D eigenvalue weighted by Gasteiger charge is -2.05. The summed E-state index contributed by atoms with van der Waals surface area (Å²) in [6.45, 7) is 2.48. The Balaban J connectivity index is 2.16. The fourth-order valence-electron chi connectivity index (χ4n) is 1.76. The van der Waals surface area contributed by atoms with Gasteiger partial charge in [0.2, 0.25) is 0 Å². The summed E-state index contributed by atoms with van der Waals surface area (Å²) in [6.07, 6.45) is 0. The third-order valence-electron chi connectivity index (χ3n) is 2.68. The zero-order valence-electron chi connectivity index (χ0n) is 11.9. The number of carbonyl (C=O) groups excluding carboxylic acids is 1. The van der Waals surface area contributed by atoms with E-state index < -0.39 is 5.82 Å². The van der Waals surface area contributed by atoms with E-state index in [9.17, 15) is 9.18 Å². The molecule has 0 aliphatic heterocycles. The molecule has 1 aromatic heterocycles. The molecule has 0 spiro atoms. The number of nitrogens with zero attached hydrogens (tertiary/aromatic N) is 2. The van der Waals surface area contributed by atoms with Crippen LogP contribution in [-0.4, -0.2) is 29.9 Å². The molecule has 0 saturated carbocycles. The fraction of sp³-hybridized carbons (Fsp3) is 0.286. The van der Waals surface area contributed by atoms with Crippen LogP contribution in [0.4, 0.5) is 10.1 Å². The number of benzene rings is 1. The van der Waals surface area contributed by atoms with E-state index in [1.807, 2.05) is 19.0 Å². The molecule has 0 aliphatic rings. The second-order valence-corrected chi connectivity index (χ2v) is 6.33. The Labute approximate surface area is 131 Å². The van der Waals surface area contributed by atoms with Crippen molar-refractivity contribution in [1.29, 1.82) is 0 Å². The summed E-state index contributed by atoms with van der Waals surface area (Å²) in [5.41, 5.74) is 1.14. The molecular formula is C14H15ClFN3OS. The summed E-state index contributed by atoms with van der Waals surface area (Å²) < 4.78 is 13.1. The summed E-state index contributed by atoms with van der Waals surface area (Å²) in [7, 11) is 3.88. The van der Waals surface area contributed by atoms with Crippen molar-refractivity contribution in [3.8, 4) is 0 Å². The molecule has 1 amide bonds. The molecule has 112 valence electrons. The maximum absolute atomic E-state index is 13.1. The normalized spacial score (nSPS) is 11.0. The molecule has 1 N–H and O–H groups in total. The van der Waals surface area contributed by atoms with Gasteiger partial charge in [-0.05, 0) is 39.2 Å². The van der Waals surface area contributed by atoms with Crippen LogP contribution in [-0.2, 0) is 6.54 Å². The molecule has 7 heteroatoms. The summed E-state index contributed by atoms with van der Waals surface area (Å²) in [5, 5.41) is 3.55. The van der Waals surface area contributed by atoms with E-state index in [1.165, 1.54) is 29.5 Å². The van der Waals surface area contributed by atoms with E-state index in [1.54, 1.807) is 6.92 Å². The van der Waals surface area contributed by atoms with Gasteiger partial charge in [-0.2, -0.15) is 0 Å². The van der Waals surface area contributed by atoms with Gasteiger partial charge < -0.3 is 10.2 Å². The Morgan fingerprint density at radius 2 is 2.19 bits per heavy atom. The fourth-order valence-corrected chi connectivity index (χ4v) is 3.02. The number of thiazole rings is 1. The first-order chi connectivity index (χ1) is 9.86. The van der Waals surface area contributed by atoms with Crippen molar-refractivity contribution in [2.24, 2.45) is 0 Å². The van der Waals surface area contributed by atoms with Crippen molar-refractivity contribution in [1.82, 2.24) is 9.88 Å². The first-order valence-corrected chi connectivity index (χ1v) is 7.43. The van der Waals surface area contributed by atoms with Gasteiger partial charge in [0.15, 0.2) is 0 Å². The third-order valence-corrected chi connectivity index (χ3v) is 4.11. The molecule has 2 rings (SSSR count). The molecule has 1 aromatic carbocycles. The van der Waals surface area contributed by atoms with Gasteiger partial charge in [-0.25, -0.2) is 9.37 Å². The first kappa shape index (κ1) is 15.9. The summed E-state index contributed by atoms with van der Waals surface area (Å²) in [6, 6.07) is 4.07. The number of aryl methyl sites for hydroxylation is 1. The van der Waals surface area contributed by atoms with Crippen LogP contribution >= 0.6 is 22.9 Å². The minimum absolute atomic E-state index is 0.0258. The van der Waals surface area contributed by atoms with Crippen LogP contribution in [0.5, 0.6) is 0 Å². The highest BCUT2D eigenvalue weighted by Gasteiger charge is 2.16. The minimum atomic E-state index is -0.517. The van der Waals surface area contributed by atoms with E-state index in [-0.39, 0.29) is 10.9 Å². The Morgan fingerprint density at radius 3 is 2.81 bits per heavy atom. The van der Waals surface area contributed by atoms with Crippen molar-refractivity contribution in [3.05, 3.63) is 44.6 Å².